The van der Waals surface area contributed by atoms with Crippen LogP contribution in [0, 0.1) is 0 Å². The molecule has 0 amide bonds. The van der Waals surface area contributed by atoms with E-state index in [2.05, 4.69) is 28.5 Å². The first kappa shape index (κ1) is 12.9. The number of rotatable bonds is 1. The number of ether oxygens (including phenoxy) is 1. The molecule has 104 valence electrons. The molecule has 4 heteroatoms. The molecule has 1 atom stereocenters. The van der Waals surface area contributed by atoms with Crippen molar-refractivity contribution in [2.75, 3.05) is 13.7 Å². The van der Waals surface area contributed by atoms with E-state index < -0.39 is 0 Å². The molecule has 0 fully saturated rings. The second-order valence-electron chi connectivity index (χ2n) is 5.00. The number of fused-ring (bicyclic) bond motifs is 3. The lowest BCUT2D eigenvalue weighted by Crippen LogP contribution is -2.38. The third kappa shape index (κ3) is 2.02. The number of hydrogen-bond donors (Lipinski definition) is 2. The summed E-state index contributed by atoms with van der Waals surface area (Å²) in [5.41, 5.74) is 4.62. The molecule has 2 heterocycles. The quantitative estimate of drug-likeness (QED) is 0.782. The van der Waals surface area contributed by atoms with Crippen LogP contribution in [0.3, 0.4) is 0 Å². The normalized spacial score (nSPS) is 20.7. The zero-order chi connectivity index (χ0) is 14.1. The molecule has 1 aliphatic rings. The third-order valence-electron chi connectivity index (χ3n) is 3.92. The first-order chi connectivity index (χ1) is 9.74. The summed E-state index contributed by atoms with van der Waals surface area (Å²) in [7, 11) is 1.43. The van der Waals surface area contributed by atoms with Crippen molar-refractivity contribution < 1.29 is 9.53 Å². The number of benzene rings is 1. The van der Waals surface area contributed by atoms with Gasteiger partial charge in [-0.05, 0) is 24.1 Å². The zero-order valence-corrected chi connectivity index (χ0v) is 11.7. The lowest BCUT2D eigenvalue weighted by atomic mass is 10.0. The van der Waals surface area contributed by atoms with Gasteiger partial charge in [0.2, 0.25) is 0 Å². The molecule has 2 aromatic rings. The van der Waals surface area contributed by atoms with Crippen LogP contribution in [0.2, 0.25) is 0 Å². The summed E-state index contributed by atoms with van der Waals surface area (Å²) < 4.78 is 4.89. The summed E-state index contributed by atoms with van der Waals surface area (Å²) in [6.07, 6.45) is 2.73. The standard InChI is InChI=1S/C16H18N2O2/c1-3-10-9-17-14(16(19)20-2)8-12-11-6-4-5-7-13(11)18-15(10)12/h3-7,14,17-18H,8-9H2,1-2H3/b10-3+/t14-/m0/s1. The molecule has 0 bridgehead atoms. The number of allylic oxidation sites excluding steroid dienone is 1. The molecule has 0 radical (unpaired) electrons. The summed E-state index contributed by atoms with van der Waals surface area (Å²) in [6.45, 7) is 2.68. The van der Waals surface area contributed by atoms with Gasteiger partial charge in [0, 0.05) is 29.6 Å². The number of aromatic nitrogens is 1. The molecule has 1 aliphatic heterocycles. The lowest BCUT2D eigenvalue weighted by molar-refractivity contribution is -0.143. The Hall–Kier alpha value is -2.07. The van der Waals surface area contributed by atoms with Crippen molar-refractivity contribution in [2.45, 2.75) is 19.4 Å². The number of hydrogen-bond acceptors (Lipinski definition) is 3. The van der Waals surface area contributed by atoms with Crippen LogP contribution < -0.4 is 5.32 Å². The van der Waals surface area contributed by atoms with Crippen LogP contribution in [-0.2, 0) is 16.0 Å². The van der Waals surface area contributed by atoms with Gasteiger partial charge in [0.05, 0.1) is 7.11 Å². The van der Waals surface area contributed by atoms with Crippen LogP contribution in [0.25, 0.3) is 16.5 Å². The van der Waals surface area contributed by atoms with Gasteiger partial charge in [-0.3, -0.25) is 10.1 Å². The predicted molar refractivity (Wildman–Crippen MR) is 79.5 cm³/mol. The van der Waals surface area contributed by atoms with Crippen LogP contribution in [0.15, 0.2) is 30.3 Å². The third-order valence-corrected chi connectivity index (χ3v) is 3.92. The Morgan fingerprint density at radius 3 is 2.95 bits per heavy atom. The van der Waals surface area contributed by atoms with Crippen LogP contribution in [0.1, 0.15) is 18.2 Å². The van der Waals surface area contributed by atoms with Crippen LogP contribution in [-0.4, -0.2) is 30.6 Å². The Bertz CT molecular complexity index is 685. The SMILES string of the molecule is C/C=C1\CN[C@H](C(=O)OC)Cc2c1[nH]c1ccccc21. The number of H-pyrrole nitrogens is 1. The maximum absolute atomic E-state index is 11.9. The maximum atomic E-state index is 11.9. The fourth-order valence-electron chi connectivity index (χ4n) is 2.84. The Morgan fingerprint density at radius 2 is 2.20 bits per heavy atom. The molecule has 0 saturated heterocycles. The van der Waals surface area contributed by atoms with Crippen molar-refractivity contribution in [1.29, 1.82) is 0 Å². The molecule has 0 unspecified atom stereocenters. The van der Waals surface area contributed by atoms with E-state index in [-0.39, 0.29) is 12.0 Å². The summed E-state index contributed by atoms with van der Waals surface area (Å²) in [6, 6.07) is 7.91. The smallest absolute Gasteiger partial charge is 0.323 e. The molecular formula is C16H18N2O2. The number of aromatic amines is 1. The average molecular weight is 270 g/mol. The summed E-state index contributed by atoms with van der Waals surface area (Å²) in [4.78, 5) is 15.3. The number of carbonyl (C=O) groups excluding carboxylic acids is 1. The van der Waals surface area contributed by atoms with Gasteiger partial charge in [0.15, 0.2) is 0 Å². The summed E-state index contributed by atoms with van der Waals surface area (Å²) in [5, 5.41) is 4.45. The first-order valence-electron chi connectivity index (χ1n) is 6.81. The lowest BCUT2D eigenvalue weighted by Gasteiger charge is -2.13. The molecule has 1 aromatic heterocycles. The van der Waals surface area contributed by atoms with Gasteiger partial charge in [0.25, 0.3) is 0 Å². The van der Waals surface area contributed by atoms with Crippen molar-refractivity contribution in [3.63, 3.8) is 0 Å². The highest BCUT2D eigenvalue weighted by Gasteiger charge is 2.27. The molecular weight excluding hydrogens is 252 g/mol. The summed E-state index contributed by atoms with van der Waals surface area (Å²) in [5.74, 6) is -0.210. The van der Waals surface area contributed by atoms with Crippen molar-refractivity contribution >= 4 is 22.4 Å². The van der Waals surface area contributed by atoms with E-state index in [1.165, 1.54) is 23.6 Å². The second-order valence-corrected chi connectivity index (χ2v) is 5.00. The van der Waals surface area contributed by atoms with Crippen LogP contribution in [0.5, 0.6) is 0 Å². The van der Waals surface area contributed by atoms with Gasteiger partial charge >= 0.3 is 5.97 Å². The largest absolute Gasteiger partial charge is 0.468 e. The van der Waals surface area contributed by atoms with Gasteiger partial charge in [0.1, 0.15) is 6.04 Å². The van der Waals surface area contributed by atoms with E-state index in [0.29, 0.717) is 13.0 Å². The van der Waals surface area contributed by atoms with E-state index >= 15 is 0 Å². The van der Waals surface area contributed by atoms with Crippen molar-refractivity contribution in [1.82, 2.24) is 10.3 Å². The van der Waals surface area contributed by atoms with Crippen molar-refractivity contribution in [2.24, 2.45) is 0 Å². The predicted octanol–water partition coefficient (Wildman–Crippen LogP) is 2.26. The number of carbonyl (C=O) groups is 1. The van der Waals surface area contributed by atoms with Gasteiger partial charge < -0.3 is 9.72 Å². The molecule has 20 heavy (non-hydrogen) atoms. The van der Waals surface area contributed by atoms with E-state index in [1.54, 1.807) is 0 Å². The minimum Gasteiger partial charge on any atom is -0.468 e. The Balaban J connectivity index is 2.15. The van der Waals surface area contributed by atoms with Crippen molar-refractivity contribution in [3.05, 3.63) is 41.6 Å². The van der Waals surface area contributed by atoms with Crippen LogP contribution in [0.4, 0.5) is 0 Å². The van der Waals surface area contributed by atoms with E-state index in [4.69, 9.17) is 4.74 Å². The number of methoxy groups -OCH3 is 1. The first-order valence-corrected chi connectivity index (χ1v) is 6.81. The van der Waals surface area contributed by atoms with E-state index in [0.717, 1.165) is 11.2 Å². The highest BCUT2D eigenvalue weighted by atomic mass is 16.5. The molecule has 3 rings (SSSR count). The minimum absolute atomic E-state index is 0.210. The average Bonchev–Trinajstić information content (AvgIpc) is 2.74. The molecule has 1 aromatic carbocycles. The van der Waals surface area contributed by atoms with E-state index in [9.17, 15) is 4.79 Å². The highest BCUT2D eigenvalue weighted by Crippen LogP contribution is 2.30. The van der Waals surface area contributed by atoms with Gasteiger partial charge in [-0.15, -0.1) is 0 Å². The minimum atomic E-state index is -0.296. The highest BCUT2D eigenvalue weighted by molar-refractivity contribution is 5.91. The molecule has 4 nitrogen and oxygen atoms in total. The van der Waals surface area contributed by atoms with Gasteiger partial charge in [-0.25, -0.2) is 0 Å². The number of esters is 1. The zero-order valence-electron chi connectivity index (χ0n) is 11.7. The molecule has 0 saturated carbocycles. The fourth-order valence-corrected chi connectivity index (χ4v) is 2.84. The molecule has 2 N–H and O–H groups in total. The monoisotopic (exact) mass is 270 g/mol. The fraction of sp³-hybridized carbons (Fsp3) is 0.312. The maximum Gasteiger partial charge on any atom is 0.323 e. The Labute approximate surface area is 117 Å². The van der Waals surface area contributed by atoms with Gasteiger partial charge in [-0.1, -0.05) is 24.3 Å². The topological polar surface area (TPSA) is 54.1 Å². The number of nitrogens with one attached hydrogen (secondary N) is 2. The second kappa shape index (κ2) is 5.13. The van der Waals surface area contributed by atoms with E-state index in [1.807, 2.05) is 19.1 Å². The molecule has 0 spiro atoms. The number of para-hydroxylation sites is 1. The Kier molecular flexibility index (Phi) is 3.32. The van der Waals surface area contributed by atoms with Crippen molar-refractivity contribution in [3.8, 4) is 0 Å². The summed E-state index contributed by atoms with van der Waals surface area (Å²) >= 11 is 0. The molecule has 0 aliphatic carbocycles. The van der Waals surface area contributed by atoms with Gasteiger partial charge in [-0.2, -0.15) is 0 Å². The van der Waals surface area contributed by atoms with Crippen LogP contribution >= 0.6 is 0 Å². The Morgan fingerprint density at radius 1 is 1.40 bits per heavy atom.